The highest BCUT2D eigenvalue weighted by Crippen LogP contribution is 2.31. The fraction of sp³-hybridized carbons (Fsp3) is 0.400. The Balaban J connectivity index is 2.54. The first-order valence-corrected chi connectivity index (χ1v) is 7.27. The maximum absolute atomic E-state index is 6.15. The zero-order valence-corrected chi connectivity index (χ0v) is 13.5. The first kappa shape index (κ1) is 14.1. The van der Waals surface area contributed by atoms with Gasteiger partial charge in [-0.2, -0.15) is 5.10 Å². The first-order valence-electron chi connectivity index (χ1n) is 6.48. The van der Waals surface area contributed by atoms with E-state index in [0.717, 1.165) is 33.5 Å². The highest BCUT2D eigenvalue weighted by Gasteiger charge is 2.16. The molecule has 0 saturated heterocycles. The van der Waals surface area contributed by atoms with Crippen LogP contribution in [0.5, 0.6) is 0 Å². The molecule has 0 saturated carbocycles. The molecular formula is C15H20BrN3. The van der Waals surface area contributed by atoms with Crippen LogP contribution in [0.4, 0.5) is 5.82 Å². The number of nitrogen functional groups attached to an aromatic ring is 1. The minimum Gasteiger partial charge on any atom is -0.384 e. The fourth-order valence-corrected chi connectivity index (χ4v) is 2.46. The van der Waals surface area contributed by atoms with Gasteiger partial charge in [-0.15, -0.1) is 0 Å². The van der Waals surface area contributed by atoms with Crippen LogP contribution in [0.1, 0.15) is 25.0 Å². The summed E-state index contributed by atoms with van der Waals surface area (Å²) in [6.07, 6.45) is 0.949. The van der Waals surface area contributed by atoms with Gasteiger partial charge < -0.3 is 5.73 Å². The molecule has 1 heterocycles. The Bertz CT molecular complexity index is 600. The topological polar surface area (TPSA) is 43.8 Å². The van der Waals surface area contributed by atoms with Gasteiger partial charge in [-0.05, 0) is 37.0 Å². The second-order valence-electron chi connectivity index (χ2n) is 5.40. The molecule has 0 atom stereocenters. The second-order valence-corrected chi connectivity index (χ2v) is 6.25. The number of anilines is 1. The number of nitrogens with zero attached hydrogens (tertiary/aromatic N) is 2. The first-order chi connectivity index (χ1) is 8.90. The summed E-state index contributed by atoms with van der Waals surface area (Å²) in [6.45, 7) is 6.48. The average Bonchev–Trinajstić information content (AvgIpc) is 2.60. The number of rotatable bonds is 3. The molecule has 0 radical (unpaired) electrons. The average molecular weight is 322 g/mol. The standard InChI is InChI=1S/C15H20BrN3/c1-9(2)7-12-14(18-19(4)15(12)17)11-5-6-13(16)10(3)8-11/h5-6,8-9H,7,17H2,1-4H3. The molecule has 3 nitrogen and oxygen atoms in total. The Morgan fingerprint density at radius 1 is 1.37 bits per heavy atom. The fourth-order valence-electron chi connectivity index (χ4n) is 2.21. The molecule has 0 aliphatic carbocycles. The third kappa shape index (κ3) is 2.84. The summed E-state index contributed by atoms with van der Waals surface area (Å²) < 4.78 is 2.88. The van der Waals surface area contributed by atoms with Crippen LogP contribution in [0, 0.1) is 12.8 Å². The van der Waals surface area contributed by atoms with E-state index in [1.165, 1.54) is 5.56 Å². The SMILES string of the molecule is Cc1cc(-c2nn(C)c(N)c2CC(C)C)ccc1Br. The molecule has 2 aromatic rings. The minimum absolute atomic E-state index is 0.557. The monoisotopic (exact) mass is 321 g/mol. The van der Waals surface area contributed by atoms with Crippen LogP contribution >= 0.6 is 15.9 Å². The van der Waals surface area contributed by atoms with E-state index in [2.05, 4.69) is 60.0 Å². The minimum atomic E-state index is 0.557. The predicted octanol–water partition coefficient (Wildman–Crippen LogP) is 3.94. The molecule has 1 aromatic carbocycles. The van der Waals surface area contributed by atoms with Gasteiger partial charge >= 0.3 is 0 Å². The van der Waals surface area contributed by atoms with E-state index in [-0.39, 0.29) is 0 Å². The predicted molar refractivity (Wildman–Crippen MR) is 84.0 cm³/mol. The Morgan fingerprint density at radius 3 is 2.63 bits per heavy atom. The zero-order valence-electron chi connectivity index (χ0n) is 11.9. The summed E-state index contributed by atoms with van der Waals surface area (Å²) in [5.74, 6) is 1.33. The Hall–Kier alpha value is -1.29. The van der Waals surface area contributed by atoms with Crippen molar-refractivity contribution in [2.24, 2.45) is 13.0 Å². The number of halogens is 1. The molecule has 2 N–H and O–H groups in total. The van der Waals surface area contributed by atoms with E-state index in [1.807, 2.05) is 7.05 Å². The quantitative estimate of drug-likeness (QED) is 0.930. The van der Waals surface area contributed by atoms with Gasteiger partial charge in [-0.3, -0.25) is 4.68 Å². The number of nitrogens with two attached hydrogens (primary N) is 1. The zero-order chi connectivity index (χ0) is 14.2. The second kappa shape index (κ2) is 5.37. The summed E-state index contributed by atoms with van der Waals surface area (Å²) in [6, 6.07) is 6.30. The van der Waals surface area contributed by atoms with Crippen molar-refractivity contribution in [3.05, 3.63) is 33.8 Å². The summed E-state index contributed by atoms with van der Waals surface area (Å²) in [4.78, 5) is 0. The summed E-state index contributed by atoms with van der Waals surface area (Å²) in [5, 5.41) is 4.58. The molecule has 102 valence electrons. The molecular weight excluding hydrogens is 302 g/mol. The van der Waals surface area contributed by atoms with Gasteiger partial charge in [0.1, 0.15) is 5.82 Å². The number of hydrogen-bond donors (Lipinski definition) is 1. The Labute approximate surface area is 122 Å². The number of aryl methyl sites for hydroxylation is 2. The molecule has 4 heteroatoms. The van der Waals surface area contributed by atoms with Crippen molar-refractivity contribution < 1.29 is 0 Å². The highest BCUT2D eigenvalue weighted by atomic mass is 79.9. The number of aromatic nitrogens is 2. The van der Waals surface area contributed by atoms with Gasteiger partial charge in [0.15, 0.2) is 0 Å². The van der Waals surface area contributed by atoms with E-state index < -0.39 is 0 Å². The molecule has 0 fully saturated rings. The summed E-state index contributed by atoms with van der Waals surface area (Å²) >= 11 is 3.53. The van der Waals surface area contributed by atoms with Crippen molar-refractivity contribution in [2.45, 2.75) is 27.2 Å². The Kier molecular flexibility index (Phi) is 3.99. The van der Waals surface area contributed by atoms with Crippen molar-refractivity contribution in [1.82, 2.24) is 9.78 Å². The van der Waals surface area contributed by atoms with Gasteiger partial charge in [-0.25, -0.2) is 0 Å². The summed E-state index contributed by atoms with van der Waals surface area (Å²) in [7, 11) is 1.90. The van der Waals surface area contributed by atoms with Crippen molar-refractivity contribution in [2.75, 3.05) is 5.73 Å². The van der Waals surface area contributed by atoms with Crippen LogP contribution < -0.4 is 5.73 Å². The summed E-state index contributed by atoms with van der Waals surface area (Å²) in [5.41, 5.74) is 10.6. The van der Waals surface area contributed by atoms with Crippen LogP contribution in [-0.2, 0) is 13.5 Å². The lowest BCUT2D eigenvalue weighted by Gasteiger charge is -2.08. The lowest BCUT2D eigenvalue weighted by molar-refractivity contribution is 0.648. The van der Waals surface area contributed by atoms with Crippen LogP contribution in [0.2, 0.25) is 0 Å². The molecule has 19 heavy (non-hydrogen) atoms. The van der Waals surface area contributed by atoms with Crippen LogP contribution in [-0.4, -0.2) is 9.78 Å². The highest BCUT2D eigenvalue weighted by molar-refractivity contribution is 9.10. The molecule has 0 unspecified atom stereocenters. The van der Waals surface area contributed by atoms with Gasteiger partial charge in [0, 0.05) is 22.6 Å². The van der Waals surface area contributed by atoms with E-state index in [0.29, 0.717) is 5.92 Å². The van der Waals surface area contributed by atoms with Crippen LogP contribution in [0.3, 0.4) is 0 Å². The van der Waals surface area contributed by atoms with Crippen molar-refractivity contribution >= 4 is 21.7 Å². The van der Waals surface area contributed by atoms with Crippen LogP contribution in [0.15, 0.2) is 22.7 Å². The Morgan fingerprint density at radius 2 is 2.05 bits per heavy atom. The van der Waals surface area contributed by atoms with Crippen LogP contribution in [0.25, 0.3) is 11.3 Å². The molecule has 0 aliphatic rings. The maximum Gasteiger partial charge on any atom is 0.125 e. The van der Waals surface area contributed by atoms with Gasteiger partial charge in [0.25, 0.3) is 0 Å². The van der Waals surface area contributed by atoms with E-state index in [4.69, 9.17) is 5.73 Å². The molecule has 2 rings (SSSR count). The molecule has 0 aliphatic heterocycles. The van der Waals surface area contributed by atoms with E-state index in [1.54, 1.807) is 4.68 Å². The molecule has 0 spiro atoms. The maximum atomic E-state index is 6.15. The van der Waals surface area contributed by atoms with Crippen molar-refractivity contribution in [3.63, 3.8) is 0 Å². The smallest absolute Gasteiger partial charge is 0.125 e. The van der Waals surface area contributed by atoms with E-state index in [9.17, 15) is 0 Å². The van der Waals surface area contributed by atoms with Gasteiger partial charge in [0.05, 0.1) is 5.69 Å². The molecule has 1 aromatic heterocycles. The van der Waals surface area contributed by atoms with Gasteiger partial charge in [0.2, 0.25) is 0 Å². The lowest BCUT2D eigenvalue weighted by Crippen LogP contribution is -2.02. The molecule has 0 amide bonds. The number of hydrogen-bond acceptors (Lipinski definition) is 2. The third-order valence-electron chi connectivity index (χ3n) is 3.24. The van der Waals surface area contributed by atoms with Crippen molar-refractivity contribution in [3.8, 4) is 11.3 Å². The largest absolute Gasteiger partial charge is 0.384 e. The molecule has 0 bridgehead atoms. The number of benzene rings is 1. The van der Waals surface area contributed by atoms with E-state index >= 15 is 0 Å². The third-order valence-corrected chi connectivity index (χ3v) is 4.13. The van der Waals surface area contributed by atoms with Crippen molar-refractivity contribution in [1.29, 1.82) is 0 Å². The van der Waals surface area contributed by atoms with Gasteiger partial charge in [-0.1, -0.05) is 35.8 Å². The normalized spacial score (nSPS) is 11.3. The lowest BCUT2D eigenvalue weighted by atomic mass is 9.98.